The largest absolute Gasteiger partial charge is 0.494 e. The summed E-state index contributed by atoms with van der Waals surface area (Å²) in [5.74, 6) is 1.03. The molecule has 1 rings (SSSR count). The predicted octanol–water partition coefficient (Wildman–Crippen LogP) is 4.06. The van der Waals surface area contributed by atoms with Crippen LogP contribution in [0.25, 0.3) is 0 Å². The molecule has 0 unspecified atom stereocenters. The topological polar surface area (TPSA) is 9.23 Å². The number of hydrogen-bond acceptors (Lipinski definition) is 1. The second-order valence-corrected chi connectivity index (χ2v) is 3.10. The zero-order valence-electron chi connectivity index (χ0n) is 9.84. The monoisotopic (exact) mass is 194 g/mol. The fraction of sp³-hybridized carbons (Fsp3) is 0.538. The van der Waals surface area contributed by atoms with Crippen molar-refractivity contribution in [2.75, 3.05) is 6.61 Å². The van der Waals surface area contributed by atoms with Crippen molar-refractivity contribution in [3.8, 4) is 5.75 Å². The Bertz CT molecular complexity index is 230. The normalized spacial score (nSPS) is 8.86. The van der Waals surface area contributed by atoms with Crippen molar-refractivity contribution in [2.24, 2.45) is 0 Å². The van der Waals surface area contributed by atoms with E-state index in [4.69, 9.17) is 4.74 Å². The van der Waals surface area contributed by atoms with E-state index in [-0.39, 0.29) is 0 Å². The average Bonchev–Trinajstić information content (AvgIpc) is 2.20. The van der Waals surface area contributed by atoms with Crippen LogP contribution in [0.1, 0.15) is 39.7 Å². The molecule has 0 bridgehead atoms. The Morgan fingerprint density at radius 3 is 2.07 bits per heavy atom. The first-order chi connectivity index (χ1) is 6.79. The van der Waals surface area contributed by atoms with Crippen molar-refractivity contribution in [3.63, 3.8) is 0 Å². The summed E-state index contributed by atoms with van der Waals surface area (Å²) < 4.78 is 5.43. The Morgan fingerprint density at radius 1 is 1.00 bits per heavy atom. The molecule has 1 aromatic rings. The first-order valence-electron chi connectivity index (χ1n) is 5.50. The fourth-order valence-electron chi connectivity index (χ4n) is 1.09. The van der Waals surface area contributed by atoms with Crippen molar-refractivity contribution in [3.05, 3.63) is 29.8 Å². The van der Waals surface area contributed by atoms with Gasteiger partial charge in [-0.3, -0.25) is 0 Å². The highest BCUT2D eigenvalue weighted by Gasteiger charge is 1.97. The molecule has 0 fully saturated rings. The Hall–Kier alpha value is -0.980. The van der Waals surface area contributed by atoms with Crippen LogP contribution in [0.2, 0.25) is 0 Å². The van der Waals surface area contributed by atoms with Crippen LogP contribution in [-0.2, 0) is 6.42 Å². The number of para-hydroxylation sites is 1. The van der Waals surface area contributed by atoms with E-state index < -0.39 is 0 Å². The van der Waals surface area contributed by atoms with Crippen LogP contribution in [0.4, 0.5) is 0 Å². The SMILES string of the molecule is CCC.CCOc1ccccc1CC. The molecular formula is C13H22O. The smallest absolute Gasteiger partial charge is 0.122 e. The van der Waals surface area contributed by atoms with Gasteiger partial charge in [-0.05, 0) is 25.0 Å². The lowest BCUT2D eigenvalue weighted by atomic mass is 10.1. The molecule has 0 heterocycles. The molecule has 0 aliphatic rings. The van der Waals surface area contributed by atoms with Crippen LogP contribution in [0.15, 0.2) is 24.3 Å². The summed E-state index contributed by atoms with van der Waals surface area (Å²) in [5.41, 5.74) is 1.29. The van der Waals surface area contributed by atoms with Gasteiger partial charge < -0.3 is 4.74 Å². The van der Waals surface area contributed by atoms with E-state index in [1.165, 1.54) is 12.0 Å². The van der Waals surface area contributed by atoms with E-state index in [1.54, 1.807) is 0 Å². The minimum Gasteiger partial charge on any atom is -0.494 e. The maximum absolute atomic E-state index is 5.43. The summed E-state index contributed by atoms with van der Waals surface area (Å²) in [6.45, 7) is 9.14. The molecule has 0 atom stereocenters. The highest BCUT2D eigenvalue weighted by Crippen LogP contribution is 2.17. The standard InChI is InChI=1S/C10H14O.C3H8/c1-3-9-7-5-6-8-10(9)11-4-2;1-3-2/h5-8H,3-4H2,1-2H3;3H2,1-2H3. The van der Waals surface area contributed by atoms with Gasteiger partial charge in [0.15, 0.2) is 0 Å². The molecule has 1 aromatic carbocycles. The van der Waals surface area contributed by atoms with Crippen molar-refractivity contribution in [1.82, 2.24) is 0 Å². The van der Waals surface area contributed by atoms with E-state index >= 15 is 0 Å². The van der Waals surface area contributed by atoms with Gasteiger partial charge >= 0.3 is 0 Å². The van der Waals surface area contributed by atoms with Crippen molar-refractivity contribution in [1.29, 1.82) is 0 Å². The molecule has 14 heavy (non-hydrogen) atoms. The van der Waals surface area contributed by atoms with Gasteiger partial charge in [0.05, 0.1) is 6.61 Å². The molecule has 0 aliphatic carbocycles. The minimum atomic E-state index is 0.747. The average molecular weight is 194 g/mol. The predicted molar refractivity (Wildman–Crippen MR) is 63.0 cm³/mol. The minimum absolute atomic E-state index is 0.747. The molecule has 0 saturated heterocycles. The van der Waals surface area contributed by atoms with Crippen LogP contribution in [-0.4, -0.2) is 6.61 Å². The van der Waals surface area contributed by atoms with Gasteiger partial charge in [0.25, 0.3) is 0 Å². The summed E-state index contributed by atoms with van der Waals surface area (Å²) in [6.07, 6.45) is 2.29. The fourth-order valence-corrected chi connectivity index (χ4v) is 1.09. The quantitative estimate of drug-likeness (QED) is 0.705. The van der Waals surface area contributed by atoms with Crippen LogP contribution in [0.5, 0.6) is 5.75 Å². The van der Waals surface area contributed by atoms with Crippen molar-refractivity contribution < 1.29 is 4.74 Å². The maximum atomic E-state index is 5.43. The molecule has 0 aliphatic heterocycles. The third-order valence-electron chi connectivity index (χ3n) is 1.65. The highest BCUT2D eigenvalue weighted by atomic mass is 16.5. The van der Waals surface area contributed by atoms with Gasteiger partial charge in [-0.1, -0.05) is 45.4 Å². The summed E-state index contributed by atoms with van der Waals surface area (Å²) in [7, 11) is 0. The molecule has 0 saturated carbocycles. The molecule has 80 valence electrons. The number of benzene rings is 1. The summed E-state index contributed by atoms with van der Waals surface area (Å²) in [5, 5.41) is 0. The highest BCUT2D eigenvalue weighted by molar-refractivity contribution is 5.32. The zero-order valence-corrected chi connectivity index (χ0v) is 9.84. The summed E-state index contributed by atoms with van der Waals surface area (Å²) in [6, 6.07) is 8.17. The van der Waals surface area contributed by atoms with Crippen LogP contribution in [0, 0.1) is 0 Å². The Morgan fingerprint density at radius 2 is 1.57 bits per heavy atom. The lowest BCUT2D eigenvalue weighted by molar-refractivity contribution is 0.337. The Kier molecular flexibility index (Phi) is 8.01. The second-order valence-electron chi connectivity index (χ2n) is 3.10. The van der Waals surface area contributed by atoms with Gasteiger partial charge in [0, 0.05) is 0 Å². The molecule has 0 amide bonds. The third-order valence-corrected chi connectivity index (χ3v) is 1.65. The first kappa shape index (κ1) is 13.0. The van der Waals surface area contributed by atoms with Crippen LogP contribution < -0.4 is 4.74 Å². The lowest BCUT2D eigenvalue weighted by Gasteiger charge is -2.06. The molecule has 1 nitrogen and oxygen atoms in total. The van der Waals surface area contributed by atoms with Gasteiger partial charge in [-0.25, -0.2) is 0 Å². The molecular weight excluding hydrogens is 172 g/mol. The Labute approximate surface area is 88.1 Å². The molecule has 0 N–H and O–H groups in total. The van der Waals surface area contributed by atoms with E-state index in [0.717, 1.165) is 18.8 Å². The third kappa shape index (κ3) is 4.90. The van der Waals surface area contributed by atoms with Crippen LogP contribution >= 0.6 is 0 Å². The molecule has 0 radical (unpaired) electrons. The number of aryl methyl sites for hydroxylation is 1. The van der Waals surface area contributed by atoms with E-state index in [9.17, 15) is 0 Å². The Balaban J connectivity index is 0.000000500. The molecule has 1 heteroatoms. The summed E-state index contributed by atoms with van der Waals surface area (Å²) >= 11 is 0. The first-order valence-corrected chi connectivity index (χ1v) is 5.50. The van der Waals surface area contributed by atoms with Crippen molar-refractivity contribution >= 4 is 0 Å². The molecule has 0 aromatic heterocycles. The van der Waals surface area contributed by atoms with E-state index in [2.05, 4.69) is 26.8 Å². The zero-order chi connectivity index (χ0) is 10.8. The second kappa shape index (κ2) is 8.61. The van der Waals surface area contributed by atoms with E-state index in [0.29, 0.717) is 0 Å². The van der Waals surface area contributed by atoms with E-state index in [1.807, 2.05) is 25.1 Å². The van der Waals surface area contributed by atoms with Gasteiger partial charge in [-0.2, -0.15) is 0 Å². The number of ether oxygens (including phenoxy) is 1. The van der Waals surface area contributed by atoms with Gasteiger partial charge in [-0.15, -0.1) is 0 Å². The van der Waals surface area contributed by atoms with Gasteiger partial charge in [0.1, 0.15) is 5.75 Å². The molecule has 0 spiro atoms. The maximum Gasteiger partial charge on any atom is 0.122 e. The van der Waals surface area contributed by atoms with Crippen LogP contribution in [0.3, 0.4) is 0 Å². The number of hydrogen-bond donors (Lipinski definition) is 0. The lowest BCUT2D eigenvalue weighted by Crippen LogP contribution is -1.94. The van der Waals surface area contributed by atoms with Crippen molar-refractivity contribution in [2.45, 2.75) is 40.5 Å². The van der Waals surface area contributed by atoms with Gasteiger partial charge in [0.2, 0.25) is 0 Å². The summed E-state index contributed by atoms with van der Waals surface area (Å²) in [4.78, 5) is 0. The number of rotatable bonds is 3.